The van der Waals surface area contributed by atoms with Gasteiger partial charge in [-0.3, -0.25) is 0 Å². The SMILES string of the molecule is NC1CSc2ccc(F)cc2C1. The van der Waals surface area contributed by atoms with Gasteiger partial charge in [-0.15, -0.1) is 11.8 Å². The molecule has 0 spiro atoms. The second-order valence-electron chi connectivity index (χ2n) is 3.03. The van der Waals surface area contributed by atoms with Gasteiger partial charge in [0.15, 0.2) is 0 Å². The van der Waals surface area contributed by atoms with Crippen LogP contribution in [0.15, 0.2) is 23.1 Å². The Bertz CT molecular complexity index is 301. The van der Waals surface area contributed by atoms with Gasteiger partial charge < -0.3 is 5.73 Å². The summed E-state index contributed by atoms with van der Waals surface area (Å²) in [4.78, 5) is 1.18. The van der Waals surface area contributed by atoms with Crippen LogP contribution in [0.25, 0.3) is 0 Å². The fraction of sp³-hybridized carbons (Fsp3) is 0.333. The van der Waals surface area contributed by atoms with Crippen LogP contribution in [0.2, 0.25) is 0 Å². The van der Waals surface area contributed by atoms with Crippen molar-refractivity contribution in [1.29, 1.82) is 0 Å². The molecule has 0 fully saturated rings. The fourth-order valence-corrected chi connectivity index (χ4v) is 2.39. The molecule has 1 aromatic carbocycles. The molecule has 0 radical (unpaired) electrons. The summed E-state index contributed by atoms with van der Waals surface area (Å²) >= 11 is 1.71. The lowest BCUT2D eigenvalue weighted by Gasteiger charge is -2.20. The van der Waals surface area contributed by atoms with E-state index in [1.807, 2.05) is 6.07 Å². The average molecular weight is 183 g/mol. The molecule has 0 aromatic heterocycles. The van der Waals surface area contributed by atoms with Gasteiger partial charge >= 0.3 is 0 Å². The molecule has 1 atom stereocenters. The maximum absolute atomic E-state index is 12.8. The maximum Gasteiger partial charge on any atom is 0.123 e. The summed E-state index contributed by atoms with van der Waals surface area (Å²) in [6.07, 6.45) is 0.806. The summed E-state index contributed by atoms with van der Waals surface area (Å²) in [5, 5.41) is 0. The van der Waals surface area contributed by atoms with Gasteiger partial charge in [-0.2, -0.15) is 0 Å². The van der Waals surface area contributed by atoms with Crippen LogP contribution in [0, 0.1) is 5.82 Å². The van der Waals surface area contributed by atoms with Gasteiger partial charge in [0.2, 0.25) is 0 Å². The summed E-state index contributed by atoms with van der Waals surface area (Å²) in [5.41, 5.74) is 6.81. The normalized spacial score (nSPS) is 22.0. The van der Waals surface area contributed by atoms with E-state index in [0.29, 0.717) is 0 Å². The summed E-state index contributed by atoms with van der Waals surface area (Å²) in [7, 11) is 0. The molecule has 2 N–H and O–H groups in total. The predicted octanol–water partition coefficient (Wildman–Crippen LogP) is 1.80. The molecule has 0 aliphatic carbocycles. The van der Waals surface area contributed by atoms with E-state index in [2.05, 4.69) is 0 Å². The summed E-state index contributed by atoms with van der Waals surface area (Å²) < 4.78 is 12.8. The van der Waals surface area contributed by atoms with Gasteiger partial charge in [-0.05, 0) is 30.2 Å². The Morgan fingerprint density at radius 1 is 1.50 bits per heavy atom. The van der Waals surface area contributed by atoms with Crippen molar-refractivity contribution in [3.05, 3.63) is 29.6 Å². The molecule has 3 heteroatoms. The molecule has 0 saturated carbocycles. The molecule has 1 unspecified atom stereocenters. The molecule has 2 rings (SSSR count). The van der Waals surface area contributed by atoms with E-state index in [1.165, 1.54) is 11.0 Å². The molecule has 64 valence electrons. The van der Waals surface area contributed by atoms with Crippen LogP contribution >= 0.6 is 11.8 Å². The van der Waals surface area contributed by atoms with Crippen molar-refractivity contribution in [2.75, 3.05) is 5.75 Å². The van der Waals surface area contributed by atoms with Crippen molar-refractivity contribution in [3.8, 4) is 0 Å². The van der Waals surface area contributed by atoms with E-state index in [0.717, 1.165) is 17.7 Å². The van der Waals surface area contributed by atoms with Crippen molar-refractivity contribution in [3.63, 3.8) is 0 Å². The highest BCUT2D eigenvalue weighted by Gasteiger charge is 2.15. The molecule has 0 bridgehead atoms. The number of fused-ring (bicyclic) bond motifs is 1. The number of halogens is 1. The molecule has 12 heavy (non-hydrogen) atoms. The summed E-state index contributed by atoms with van der Waals surface area (Å²) in [5.74, 6) is 0.780. The van der Waals surface area contributed by atoms with E-state index in [1.54, 1.807) is 17.8 Å². The number of benzene rings is 1. The third-order valence-corrected chi connectivity index (χ3v) is 3.26. The first-order chi connectivity index (χ1) is 5.75. The molecule has 0 saturated heterocycles. The highest BCUT2D eigenvalue weighted by molar-refractivity contribution is 7.99. The summed E-state index contributed by atoms with van der Waals surface area (Å²) in [6, 6.07) is 5.11. The van der Waals surface area contributed by atoms with Crippen LogP contribution in [0.4, 0.5) is 4.39 Å². The third kappa shape index (κ3) is 1.47. The topological polar surface area (TPSA) is 26.0 Å². The first-order valence-electron chi connectivity index (χ1n) is 3.92. The smallest absolute Gasteiger partial charge is 0.123 e. The van der Waals surface area contributed by atoms with E-state index in [9.17, 15) is 4.39 Å². The van der Waals surface area contributed by atoms with E-state index < -0.39 is 0 Å². The van der Waals surface area contributed by atoms with Crippen LogP contribution in [-0.4, -0.2) is 11.8 Å². The molecule has 1 heterocycles. The molecule has 1 aromatic rings. The van der Waals surface area contributed by atoms with Gasteiger partial charge in [0, 0.05) is 16.7 Å². The van der Waals surface area contributed by atoms with E-state index in [-0.39, 0.29) is 11.9 Å². The maximum atomic E-state index is 12.8. The van der Waals surface area contributed by atoms with Crippen LogP contribution < -0.4 is 5.73 Å². The largest absolute Gasteiger partial charge is 0.327 e. The van der Waals surface area contributed by atoms with Gasteiger partial charge in [-0.25, -0.2) is 4.39 Å². The minimum atomic E-state index is -0.163. The first-order valence-corrected chi connectivity index (χ1v) is 4.91. The lowest BCUT2D eigenvalue weighted by Crippen LogP contribution is -2.28. The molecule has 0 amide bonds. The number of thioether (sulfide) groups is 1. The molecular weight excluding hydrogens is 173 g/mol. The lowest BCUT2D eigenvalue weighted by atomic mass is 10.1. The minimum absolute atomic E-state index is 0.163. The van der Waals surface area contributed by atoms with Crippen molar-refractivity contribution >= 4 is 11.8 Å². The fourth-order valence-electron chi connectivity index (χ4n) is 1.39. The molecule has 1 aliphatic heterocycles. The molecule has 1 aliphatic rings. The Labute approximate surface area is 75.1 Å². The Balaban J connectivity index is 2.37. The second-order valence-corrected chi connectivity index (χ2v) is 4.09. The zero-order valence-electron chi connectivity index (χ0n) is 6.59. The monoisotopic (exact) mass is 183 g/mol. The zero-order chi connectivity index (χ0) is 8.55. The molecular formula is C9H10FNS. The van der Waals surface area contributed by atoms with Crippen molar-refractivity contribution in [1.82, 2.24) is 0 Å². The van der Waals surface area contributed by atoms with Crippen LogP contribution in [0.1, 0.15) is 5.56 Å². The van der Waals surface area contributed by atoms with Gasteiger partial charge in [-0.1, -0.05) is 0 Å². The van der Waals surface area contributed by atoms with Crippen molar-refractivity contribution in [2.24, 2.45) is 5.73 Å². The van der Waals surface area contributed by atoms with Gasteiger partial charge in [0.1, 0.15) is 5.82 Å². The van der Waals surface area contributed by atoms with Gasteiger partial charge in [0.05, 0.1) is 0 Å². The minimum Gasteiger partial charge on any atom is -0.327 e. The Morgan fingerprint density at radius 3 is 3.17 bits per heavy atom. The first kappa shape index (κ1) is 8.08. The Kier molecular flexibility index (Phi) is 2.07. The number of nitrogens with two attached hydrogens (primary N) is 1. The molecule has 1 nitrogen and oxygen atoms in total. The number of rotatable bonds is 0. The Hall–Kier alpha value is -0.540. The van der Waals surface area contributed by atoms with Crippen LogP contribution in [-0.2, 0) is 6.42 Å². The van der Waals surface area contributed by atoms with E-state index >= 15 is 0 Å². The zero-order valence-corrected chi connectivity index (χ0v) is 7.40. The summed E-state index contributed by atoms with van der Waals surface area (Å²) in [6.45, 7) is 0. The second kappa shape index (κ2) is 3.07. The Morgan fingerprint density at radius 2 is 2.33 bits per heavy atom. The van der Waals surface area contributed by atoms with E-state index in [4.69, 9.17) is 5.73 Å². The number of hydrogen-bond donors (Lipinski definition) is 1. The average Bonchev–Trinajstić information content (AvgIpc) is 2.03. The third-order valence-electron chi connectivity index (χ3n) is 1.96. The highest BCUT2D eigenvalue weighted by Crippen LogP contribution is 2.29. The van der Waals surface area contributed by atoms with Gasteiger partial charge in [0.25, 0.3) is 0 Å². The standard InChI is InChI=1S/C9H10FNS/c10-7-1-2-9-6(3-7)4-8(11)5-12-9/h1-3,8H,4-5,11H2. The quantitative estimate of drug-likeness (QED) is 0.663. The highest BCUT2D eigenvalue weighted by atomic mass is 32.2. The number of hydrogen-bond acceptors (Lipinski definition) is 2. The lowest BCUT2D eigenvalue weighted by molar-refractivity contribution is 0.619. The van der Waals surface area contributed by atoms with Crippen molar-refractivity contribution < 1.29 is 4.39 Å². The van der Waals surface area contributed by atoms with Crippen LogP contribution in [0.5, 0.6) is 0 Å². The van der Waals surface area contributed by atoms with Crippen molar-refractivity contribution in [2.45, 2.75) is 17.4 Å². The van der Waals surface area contributed by atoms with Crippen LogP contribution in [0.3, 0.4) is 0 Å². The predicted molar refractivity (Wildman–Crippen MR) is 48.8 cm³/mol.